The zero-order valence-electron chi connectivity index (χ0n) is 10.9. The van der Waals surface area contributed by atoms with Crippen molar-refractivity contribution in [3.8, 4) is 0 Å². The first-order chi connectivity index (χ1) is 8.84. The number of H-pyrrole nitrogens is 1. The third-order valence-corrected chi connectivity index (χ3v) is 4.62. The Morgan fingerprint density at radius 3 is 2.94 bits per heavy atom. The number of aliphatic hydroxyl groups excluding tert-OH is 1. The number of likely N-dealkylation sites (tertiary alicyclic amines) is 1. The van der Waals surface area contributed by atoms with Crippen molar-refractivity contribution in [2.24, 2.45) is 5.92 Å². The van der Waals surface area contributed by atoms with E-state index in [9.17, 15) is 5.11 Å². The molecule has 2 aliphatic rings. The second-order valence-corrected chi connectivity index (χ2v) is 5.78. The van der Waals surface area contributed by atoms with E-state index in [0.717, 1.165) is 19.5 Å². The molecule has 1 aliphatic heterocycles. The fraction of sp³-hybridized carbons (Fsp3) is 0.786. The lowest BCUT2D eigenvalue weighted by Gasteiger charge is -2.37. The van der Waals surface area contributed by atoms with E-state index in [1.165, 1.54) is 37.8 Å². The van der Waals surface area contributed by atoms with Crippen LogP contribution in [0.3, 0.4) is 0 Å². The molecule has 4 nitrogen and oxygen atoms in total. The highest BCUT2D eigenvalue weighted by Crippen LogP contribution is 2.35. The average Bonchev–Trinajstić information content (AvgIpc) is 3.02. The van der Waals surface area contributed by atoms with Crippen molar-refractivity contribution in [1.82, 2.24) is 15.1 Å². The first kappa shape index (κ1) is 12.2. The number of nitrogens with one attached hydrogen (secondary N) is 1. The molecule has 0 aromatic carbocycles. The predicted molar refractivity (Wildman–Crippen MR) is 70.0 cm³/mol. The van der Waals surface area contributed by atoms with E-state index in [1.807, 2.05) is 12.3 Å². The van der Waals surface area contributed by atoms with Crippen LogP contribution in [-0.4, -0.2) is 38.9 Å². The van der Waals surface area contributed by atoms with Gasteiger partial charge in [-0.25, -0.2) is 0 Å². The lowest BCUT2D eigenvalue weighted by molar-refractivity contribution is 0.0199. The maximum atomic E-state index is 10.2. The molecule has 1 saturated carbocycles. The highest BCUT2D eigenvalue weighted by molar-refractivity contribution is 5.00. The van der Waals surface area contributed by atoms with E-state index < -0.39 is 0 Å². The maximum Gasteiger partial charge on any atom is 0.0583 e. The van der Waals surface area contributed by atoms with Gasteiger partial charge in [-0.2, -0.15) is 5.10 Å². The number of nitrogens with zero attached hydrogens (tertiary/aromatic N) is 2. The van der Waals surface area contributed by atoms with Gasteiger partial charge in [0.15, 0.2) is 0 Å². The highest BCUT2D eigenvalue weighted by atomic mass is 16.3. The molecule has 3 atom stereocenters. The number of aromatic amines is 1. The van der Waals surface area contributed by atoms with Gasteiger partial charge in [0.2, 0.25) is 0 Å². The number of aromatic nitrogens is 2. The fourth-order valence-corrected chi connectivity index (χ4v) is 3.71. The summed E-state index contributed by atoms with van der Waals surface area (Å²) in [5.74, 6) is 0.490. The average molecular weight is 249 g/mol. The third-order valence-electron chi connectivity index (χ3n) is 4.62. The Balaban J connectivity index is 1.66. The zero-order chi connectivity index (χ0) is 12.4. The van der Waals surface area contributed by atoms with Crippen molar-refractivity contribution in [3.05, 3.63) is 18.0 Å². The fourth-order valence-electron chi connectivity index (χ4n) is 3.71. The molecule has 0 radical (unpaired) electrons. The van der Waals surface area contributed by atoms with Gasteiger partial charge >= 0.3 is 0 Å². The summed E-state index contributed by atoms with van der Waals surface area (Å²) >= 11 is 0. The number of aliphatic hydroxyl groups is 1. The second kappa shape index (κ2) is 5.41. The molecule has 2 heterocycles. The van der Waals surface area contributed by atoms with Crippen LogP contribution in [0.15, 0.2) is 12.3 Å². The van der Waals surface area contributed by atoms with E-state index in [0.29, 0.717) is 12.0 Å². The Bertz CT molecular complexity index is 365. The van der Waals surface area contributed by atoms with Crippen molar-refractivity contribution in [3.63, 3.8) is 0 Å². The second-order valence-electron chi connectivity index (χ2n) is 5.78. The lowest BCUT2D eigenvalue weighted by atomic mass is 9.80. The smallest absolute Gasteiger partial charge is 0.0583 e. The summed E-state index contributed by atoms with van der Waals surface area (Å²) in [4.78, 5) is 2.53. The van der Waals surface area contributed by atoms with Gasteiger partial charge in [0, 0.05) is 30.4 Å². The summed E-state index contributed by atoms with van der Waals surface area (Å²) < 4.78 is 0. The van der Waals surface area contributed by atoms with Crippen molar-refractivity contribution in [2.75, 3.05) is 6.54 Å². The lowest BCUT2D eigenvalue weighted by Crippen LogP contribution is -2.42. The van der Waals surface area contributed by atoms with E-state index in [2.05, 4.69) is 15.1 Å². The molecule has 0 bridgehead atoms. The SMILES string of the molecule is OC1CCCCC1C1CCCN1Cc1ccn[nH]1. The normalized spacial score (nSPS) is 33.9. The zero-order valence-corrected chi connectivity index (χ0v) is 10.9. The van der Waals surface area contributed by atoms with Crippen molar-refractivity contribution in [1.29, 1.82) is 0 Å². The van der Waals surface area contributed by atoms with Gasteiger partial charge in [0.05, 0.1) is 6.10 Å². The highest BCUT2D eigenvalue weighted by Gasteiger charge is 2.36. The molecular formula is C14H23N3O. The van der Waals surface area contributed by atoms with Gasteiger partial charge in [-0.15, -0.1) is 0 Å². The quantitative estimate of drug-likeness (QED) is 0.860. The standard InChI is InChI=1S/C14H23N3O/c18-14-6-2-1-4-12(14)13-5-3-9-17(13)10-11-7-8-15-16-11/h7-8,12-14,18H,1-6,9-10H2,(H,15,16). The van der Waals surface area contributed by atoms with Crippen LogP contribution in [0.4, 0.5) is 0 Å². The van der Waals surface area contributed by atoms with E-state index in [4.69, 9.17) is 0 Å². The summed E-state index contributed by atoms with van der Waals surface area (Å²) in [5.41, 5.74) is 1.19. The van der Waals surface area contributed by atoms with Crippen LogP contribution in [0.5, 0.6) is 0 Å². The van der Waals surface area contributed by atoms with Crippen LogP contribution in [0.2, 0.25) is 0 Å². The minimum atomic E-state index is -0.0777. The molecule has 3 unspecified atom stereocenters. The summed E-state index contributed by atoms with van der Waals surface area (Å²) in [6.45, 7) is 2.11. The van der Waals surface area contributed by atoms with Gasteiger partial charge in [-0.3, -0.25) is 10.00 Å². The van der Waals surface area contributed by atoms with Gasteiger partial charge in [0.1, 0.15) is 0 Å². The van der Waals surface area contributed by atoms with E-state index in [-0.39, 0.29) is 6.10 Å². The molecule has 2 N–H and O–H groups in total. The first-order valence-corrected chi connectivity index (χ1v) is 7.25. The van der Waals surface area contributed by atoms with E-state index >= 15 is 0 Å². The van der Waals surface area contributed by atoms with Gasteiger partial charge in [-0.05, 0) is 38.3 Å². The Labute approximate surface area is 108 Å². The predicted octanol–water partition coefficient (Wildman–Crippen LogP) is 1.93. The Morgan fingerprint density at radius 1 is 1.28 bits per heavy atom. The summed E-state index contributed by atoms with van der Waals surface area (Å²) in [6, 6.07) is 2.62. The molecule has 4 heteroatoms. The minimum absolute atomic E-state index is 0.0777. The van der Waals surface area contributed by atoms with Gasteiger partial charge < -0.3 is 5.11 Å². The first-order valence-electron chi connectivity index (χ1n) is 7.25. The van der Waals surface area contributed by atoms with Gasteiger partial charge in [-0.1, -0.05) is 12.8 Å². The molecule has 100 valence electrons. The number of hydrogen-bond acceptors (Lipinski definition) is 3. The maximum absolute atomic E-state index is 10.2. The largest absolute Gasteiger partial charge is 0.393 e. The van der Waals surface area contributed by atoms with Crippen molar-refractivity contribution < 1.29 is 5.11 Å². The topological polar surface area (TPSA) is 52.1 Å². The molecule has 18 heavy (non-hydrogen) atoms. The minimum Gasteiger partial charge on any atom is -0.393 e. The molecule has 0 spiro atoms. The molecule has 2 fully saturated rings. The van der Waals surface area contributed by atoms with Crippen LogP contribution in [0.1, 0.15) is 44.2 Å². The van der Waals surface area contributed by atoms with Crippen LogP contribution < -0.4 is 0 Å². The summed E-state index contributed by atoms with van der Waals surface area (Å²) in [5, 5.41) is 17.3. The molecule has 1 aromatic heterocycles. The van der Waals surface area contributed by atoms with Crippen molar-refractivity contribution >= 4 is 0 Å². The van der Waals surface area contributed by atoms with Crippen LogP contribution in [0, 0.1) is 5.92 Å². The Morgan fingerprint density at radius 2 is 2.17 bits per heavy atom. The molecule has 0 amide bonds. The van der Waals surface area contributed by atoms with Crippen LogP contribution in [-0.2, 0) is 6.54 Å². The van der Waals surface area contributed by atoms with Gasteiger partial charge in [0.25, 0.3) is 0 Å². The summed E-state index contributed by atoms with van der Waals surface area (Å²) in [6.07, 6.45) is 8.94. The monoisotopic (exact) mass is 249 g/mol. The van der Waals surface area contributed by atoms with Crippen LogP contribution in [0.25, 0.3) is 0 Å². The van der Waals surface area contributed by atoms with E-state index in [1.54, 1.807) is 0 Å². The summed E-state index contributed by atoms with van der Waals surface area (Å²) in [7, 11) is 0. The molecule has 1 saturated heterocycles. The number of rotatable bonds is 3. The van der Waals surface area contributed by atoms with Crippen molar-refractivity contribution in [2.45, 2.75) is 57.2 Å². The Hall–Kier alpha value is -0.870. The Kier molecular flexibility index (Phi) is 3.66. The third kappa shape index (κ3) is 2.45. The molecule has 1 aromatic rings. The molecule has 3 rings (SSSR count). The molecule has 1 aliphatic carbocycles. The number of hydrogen-bond donors (Lipinski definition) is 2. The van der Waals surface area contributed by atoms with Crippen LogP contribution >= 0.6 is 0 Å². The molecular weight excluding hydrogens is 226 g/mol.